The molecule has 0 bridgehead atoms. The first kappa shape index (κ1) is 27.9. The minimum atomic E-state index is -0.782. The second-order valence-electron chi connectivity index (χ2n) is 9.33. The molecule has 204 valence electrons. The summed E-state index contributed by atoms with van der Waals surface area (Å²) in [5, 5.41) is 1.06. The fourth-order valence-electron chi connectivity index (χ4n) is 4.54. The zero-order valence-electron chi connectivity index (χ0n) is 22.1. The standard InChI is InChI=1S/C31H26Cl2N2O4S/c1-4-38-30(37)26-27(19-8-6-5-7-9-19)34-31-35(28(26)20-10-12-22(32)13-11-20)29(36)25(40-31)17-21-16-23(33)14-15-24(21)39-18(2)3/h5-18,28H,4H2,1-3H3/b25-17-/t28-/m0/s1. The number of halogens is 2. The maximum Gasteiger partial charge on any atom is 0.338 e. The third-order valence-corrected chi connectivity index (χ3v) is 7.65. The third kappa shape index (κ3) is 5.63. The second-order valence-corrected chi connectivity index (χ2v) is 11.2. The third-order valence-electron chi connectivity index (χ3n) is 6.18. The molecule has 1 aliphatic heterocycles. The van der Waals surface area contributed by atoms with E-state index in [-0.39, 0.29) is 23.8 Å². The number of esters is 1. The second kappa shape index (κ2) is 11.8. The van der Waals surface area contributed by atoms with Crippen molar-refractivity contribution in [3.63, 3.8) is 0 Å². The van der Waals surface area contributed by atoms with Crippen molar-refractivity contribution in [3.8, 4) is 5.75 Å². The van der Waals surface area contributed by atoms with Gasteiger partial charge in [-0.15, -0.1) is 0 Å². The van der Waals surface area contributed by atoms with Crippen LogP contribution in [0, 0.1) is 0 Å². The van der Waals surface area contributed by atoms with E-state index in [4.69, 9.17) is 37.7 Å². The van der Waals surface area contributed by atoms with E-state index in [0.717, 1.165) is 5.56 Å². The van der Waals surface area contributed by atoms with Crippen molar-refractivity contribution >= 4 is 52.3 Å². The Kier molecular flexibility index (Phi) is 8.26. The Hall–Kier alpha value is -3.65. The van der Waals surface area contributed by atoms with Crippen molar-refractivity contribution in [2.75, 3.05) is 6.61 Å². The molecule has 1 aliphatic rings. The first-order chi connectivity index (χ1) is 19.3. The normalized spacial score (nSPS) is 15.2. The molecular formula is C31H26Cl2N2O4S. The van der Waals surface area contributed by atoms with Gasteiger partial charge in [0.15, 0.2) is 4.80 Å². The first-order valence-electron chi connectivity index (χ1n) is 12.8. The van der Waals surface area contributed by atoms with E-state index in [2.05, 4.69) is 0 Å². The van der Waals surface area contributed by atoms with Gasteiger partial charge in [0.2, 0.25) is 0 Å². The lowest BCUT2D eigenvalue weighted by molar-refractivity contribution is -0.138. The van der Waals surface area contributed by atoms with Crippen LogP contribution >= 0.6 is 34.5 Å². The Labute approximate surface area is 245 Å². The number of benzene rings is 3. The molecule has 0 unspecified atom stereocenters. The molecule has 4 aromatic rings. The van der Waals surface area contributed by atoms with Crippen LogP contribution in [-0.2, 0) is 9.53 Å². The SMILES string of the molecule is CCOC(=O)C1=C(c2ccccc2)N=c2s/c(=C\c3cc(Cl)ccc3OC(C)C)c(=O)n2[C@H]1c1ccc(Cl)cc1. The lowest BCUT2D eigenvalue weighted by atomic mass is 9.93. The van der Waals surface area contributed by atoms with E-state index in [9.17, 15) is 9.59 Å². The first-order valence-corrected chi connectivity index (χ1v) is 14.3. The minimum absolute atomic E-state index is 0.0694. The number of carbonyl (C=O) groups excluding carboxylic acids is 1. The zero-order chi connectivity index (χ0) is 28.4. The summed E-state index contributed by atoms with van der Waals surface area (Å²) in [6.07, 6.45) is 1.68. The monoisotopic (exact) mass is 592 g/mol. The molecule has 3 aromatic carbocycles. The number of thiazole rings is 1. The van der Waals surface area contributed by atoms with E-state index < -0.39 is 12.0 Å². The van der Waals surface area contributed by atoms with Gasteiger partial charge in [-0.05, 0) is 62.7 Å². The Balaban J connectivity index is 1.81. The molecule has 0 saturated heterocycles. The van der Waals surface area contributed by atoms with Crippen LogP contribution in [0.15, 0.2) is 88.2 Å². The summed E-state index contributed by atoms with van der Waals surface area (Å²) in [6.45, 7) is 5.78. The summed E-state index contributed by atoms with van der Waals surface area (Å²) in [5.41, 5.74) is 2.55. The number of rotatable bonds is 7. The predicted octanol–water partition coefficient (Wildman–Crippen LogP) is 6.03. The molecule has 0 spiro atoms. The van der Waals surface area contributed by atoms with Crippen LogP contribution in [0.1, 0.15) is 43.5 Å². The van der Waals surface area contributed by atoms with Gasteiger partial charge in [0.1, 0.15) is 5.75 Å². The number of hydrogen-bond acceptors (Lipinski definition) is 6. The van der Waals surface area contributed by atoms with Gasteiger partial charge in [-0.2, -0.15) is 0 Å². The number of carbonyl (C=O) groups is 1. The number of fused-ring (bicyclic) bond motifs is 1. The van der Waals surface area contributed by atoms with Crippen LogP contribution in [0.4, 0.5) is 0 Å². The number of hydrogen-bond donors (Lipinski definition) is 0. The van der Waals surface area contributed by atoms with Crippen molar-refractivity contribution in [1.29, 1.82) is 0 Å². The Morgan fingerprint density at radius 2 is 1.75 bits per heavy atom. The molecule has 0 fully saturated rings. The minimum Gasteiger partial charge on any atom is -0.490 e. The Morgan fingerprint density at radius 3 is 2.42 bits per heavy atom. The largest absolute Gasteiger partial charge is 0.490 e. The summed E-state index contributed by atoms with van der Waals surface area (Å²) >= 11 is 13.7. The van der Waals surface area contributed by atoms with Gasteiger partial charge >= 0.3 is 5.97 Å². The van der Waals surface area contributed by atoms with E-state index in [1.165, 1.54) is 11.3 Å². The van der Waals surface area contributed by atoms with Gasteiger partial charge in [0, 0.05) is 21.2 Å². The molecule has 40 heavy (non-hydrogen) atoms. The topological polar surface area (TPSA) is 69.9 Å². The van der Waals surface area contributed by atoms with Crippen molar-refractivity contribution in [2.45, 2.75) is 32.9 Å². The van der Waals surface area contributed by atoms with E-state index in [0.29, 0.717) is 42.0 Å². The summed E-state index contributed by atoms with van der Waals surface area (Å²) in [7, 11) is 0. The van der Waals surface area contributed by atoms with Gasteiger partial charge in [0.25, 0.3) is 5.56 Å². The zero-order valence-corrected chi connectivity index (χ0v) is 24.4. The van der Waals surface area contributed by atoms with Gasteiger partial charge in [-0.1, -0.05) is 77.0 Å². The molecule has 0 saturated carbocycles. The van der Waals surface area contributed by atoms with Crippen LogP contribution in [0.5, 0.6) is 5.75 Å². The van der Waals surface area contributed by atoms with Crippen LogP contribution < -0.4 is 19.6 Å². The lowest BCUT2D eigenvalue weighted by Crippen LogP contribution is -2.40. The van der Waals surface area contributed by atoms with E-state index in [1.54, 1.807) is 47.9 Å². The highest BCUT2D eigenvalue weighted by atomic mass is 35.5. The summed E-state index contributed by atoms with van der Waals surface area (Å²) in [6, 6.07) is 21.0. The quantitative estimate of drug-likeness (QED) is 0.246. The fraction of sp³-hybridized carbons (Fsp3) is 0.194. The van der Waals surface area contributed by atoms with Crippen molar-refractivity contribution in [3.05, 3.63) is 125 Å². The molecule has 0 radical (unpaired) electrons. The van der Waals surface area contributed by atoms with Crippen LogP contribution in [-0.4, -0.2) is 23.2 Å². The van der Waals surface area contributed by atoms with E-state index in [1.807, 2.05) is 56.3 Å². The Bertz CT molecular complexity index is 1770. The molecular weight excluding hydrogens is 567 g/mol. The summed E-state index contributed by atoms with van der Waals surface area (Å²) < 4.78 is 13.4. The predicted molar refractivity (Wildman–Crippen MR) is 160 cm³/mol. The van der Waals surface area contributed by atoms with Crippen molar-refractivity contribution < 1.29 is 14.3 Å². The molecule has 9 heteroatoms. The average molecular weight is 594 g/mol. The molecule has 2 heterocycles. The molecule has 5 rings (SSSR count). The maximum absolute atomic E-state index is 14.1. The molecule has 0 aliphatic carbocycles. The van der Waals surface area contributed by atoms with Crippen LogP contribution in [0.25, 0.3) is 11.8 Å². The number of aromatic nitrogens is 1. The number of ether oxygens (including phenoxy) is 2. The van der Waals surface area contributed by atoms with Crippen LogP contribution in [0.3, 0.4) is 0 Å². The van der Waals surface area contributed by atoms with Crippen LogP contribution in [0.2, 0.25) is 10.0 Å². The van der Waals surface area contributed by atoms with Gasteiger partial charge in [0.05, 0.1) is 34.6 Å². The van der Waals surface area contributed by atoms with Gasteiger partial charge < -0.3 is 9.47 Å². The lowest BCUT2D eigenvalue weighted by Gasteiger charge is -2.26. The van der Waals surface area contributed by atoms with Gasteiger partial charge in [-0.3, -0.25) is 9.36 Å². The van der Waals surface area contributed by atoms with Crippen molar-refractivity contribution in [1.82, 2.24) is 4.57 Å². The number of nitrogens with zero attached hydrogens (tertiary/aromatic N) is 2. The summed E-state index contributed by atoms with van der Waals surface area (Å²) in [5.74, 6) is 0.0680. The molecule has 1 aromatic heterocycles. The highest BCUT2D eigenvalue weighted by molar-refractivity contribution is 7.07. The fourth-order valence-corrected chi connectivity index (χ4v) is 5.83. The molecule has 0 N–H and O–H groups in total. The van der Waals surface area contributed by atoms with Gasteiger partial charge in [-0.25, -0.2) is 9.79 Å². The highest BCUT2D eigenvalue weighted by Gasteiger charge is 2.35. The average Bonchev–Trinajstić information content (AvgIpc) is 3.24. The van der Waals surface area contributed by atoms with E-state index >= 15 is 0 Å². The molecule has 6 nitrogen and oxygen atoms in total. The molecule has 1 atom stereocenters. The Morgan fingerprint density at radius 1 is 1.05 bits per heavy atom. The molecule has 0 amide bonds. The maximum atomic E-state index is 14.1. The smallest absolute Gasteiger partial charge is 0.338 e. The summed E-state index contributed by atoms with van der Waals surface area (Å²) in [4.78, 5) is 32.9. The van der Waals surface area contributed by atoms with Crippen molar-refractivity contribution in [2.24, 2.45) is 4.99 Å². The highest BCUT2D eigenvalue weighted by Crippen LogP contribution is 2.35.